The normalized spacial score (nSPS) is 10.9. The van der Waals surface area contributed by atoms with Crippen molar-refractivity contribution in [1.82, 2.24) is 9.55 Å². The van der Waals surface area contributed by atoms with Gasteiger partial charge in [-0.15, -0.1) is 0 Å². The largest absolute Gasteiger partial charge is 0.508 e. The molecule has 0 saturated carbocycles. The molecule has 1 aromatic heterocycles. The summed E-state index contributed by atoms with van der Waals surface area (Å²) in [4.78, 5) is 29.6. The summed E-state index contributed by atoms with van der Waals surface area (Å²) in [6, 6.07) is 19.5. The van der Waals surface area contributed by atoms with Gasteiger partial charge in [-0.3, -0.25) is 9.36 Å². The zero-order valence-electron chi connectivity index (χ0n) is 16.1. The number of carbonyl (C=O) groups is 1. The second-order valence-electron chi connectivity index (χ2n) is 6.70. The zero-order chi connectivity index (χ0) is 22.0. The molecule has 4 rings (SSSR count). The van der Waals surface area contributed by atoms with Gasteiger partial charge in [-0.25, -0.2) is 9.78 Å². The third-order valence-corrected chi connectivity index (χ3v) is 4.72. The molecule has 0 aliphatic heterocycles. The van der Waals surface area contributed by atoms with E-state index in [2.05, 4.69) is 4.98 Å². The number of hydrogen-bond donors (Lipinski definition) is 2. The van der Waals surface area contributed by atoms with Crippen LogP contribution in [0.3, 0.4) is 0 Å². The summed E-state index contributed by atoms with van der Waals surface area (Å²) in [5, 5.41) is 28.6. The predicted octanol–water partition coefficient (Wildman–Crippen LogP) is 3.83. The number of nitrogens with zero attached hydrogens (tertiary/aromatic N) is 3. The number of aromatic hydroxyl groups is 1. The van der Waals surface area contributed by atoms with Gasteiger partial charge < -0.3 is 10.2 Å². The van der Waals surface area contributed by atoms with Crippen LogP contribution in [-0.4, -0.2) is 25.7 Å². The first-order valence-electron chi connectivity index (χ1n) is 9.24. The number of nitriles is 1. The number of aromatic carboxylic acids is 1. The third kappa shape index (κ3) is 3.78. The lowest BCUT2D eigenvalue weighted by atomic mass is 10.1. The van der Waals surface area contributed by atoms with Crippen molar-refractivity contribution in [2.24, 2.45) is 0 Å². The average Bonchev–Trinajstić information content (AvgIpc) is 2.78. The molecule has 0 saturated heterocycles. The maximum Gasteiger partial charge on any atom is 0.337 e. The Bertz CT molecular complexity index is 1440. The summed E-state index contributed by atoms with van der Waals surface area (Å²) in [5.41, 5.74) is 1.20. The molecule has 0 amide bonds. The van der Waals surface area contributed by atoms with Gasteiger partial charge in [-0.2, -0.15) is 5.26 Å². The Kier molecular flexibility index (Phi) is 5.04. The van der Waals surface area contributed by atoms with Crippen LogP contribution in [0.1, 0.15) is 27.3 Å². The van der Waals surface area contributed by atoms with Gasteiger partial charge in [0.1, 0.15) is 11.6 Å². The van der Waals surface area contributed by atoms with Crippen molar-refractivity contribution in [2.75, 3.05) is 0 Å². The Balaban J connectivity index is 1.97. The highest BCUT2D eigenvalue weighted by Gasteiger charge is 2.18. The molecule has 0 fully saturated rings. The average molecular weight is 409 g/mol. The van der Waals surface area contributed by atoms with Gasteiger partial charge in [-0.05, 0) is 54.1 Å². The molecule has 0 bridgehead atoms. The van der Waals surface area contributed by atoms with Crippen LogP contribution in [0.15, 0.2) is 71.5 Å². The Morgan fingerprint density at radius 3 is 2.48 bits per heavy atom. The smallest absolute Gasteiger partial charge is 0.337 e. The van der Waals surface area contributed by atoms with E-state index in [1.807, 2.05) is 6.07 Å². The summed E-state index contributed by atoms with van der Waals surface area (Å²) < 4.78 is 1.21. The lowest BCUT2D eigenvalue weighted by molar-refractivity contribution is 0.0696. The second kappa shape index (κ2) is 7.97. The van der Waals surface area contributed by atoms with E-state index in [-0.39, 0.29) is 22.8 Å². The highest BCUT2D eigenvalue weighted by Crippen LogP contribution is 2.22. The van der Waals surface area contributed by atoms with E-state index >= 15 is 0 Å². The summed E-state index contributed by atoms with van der Waals surface area (Å²) in [6.07, 6.45) is 3.32. The molecule has 7 heteroatoms. The van der Waals surface area contributed by atoms with Crippen LogP contribution >= 0.6 is 0 Å². The number of carboxylic acids is 1. The van der Waals surface area contributed by atoms with Gasteiger partial charge in [0.15, 0.2) is 0 Å². The standard InChI is InChI=1S/C24H15N3O4/c25-14-16-7-5-15(6-8-16)9-12-22-26-20-4-2-1-3-18(20)23(29)27(22)21-11-10-17(28)13-19(21)24(30)31/h1-13,28H,(H,30,31)/b12-9+. The van der Waals surface area contributed by atoms with Crippen molar-refractivity contribution in [3.05, 3.63) is 99.6 Å². The van der Waals surface area contributed by atoms with E-state index in [0.717, 1.165) is 11.6 Å². The number of rotatable bonds is 4. The van der Waals surface area contributed by atoms with E-state index in [0.29, 0.717) is 16.5 Å². The SMILES string of the molecule is N#Cc1ccc(/C=C/c2nc3ccccc3c(=O)n2-c2ccc(O)cc2C(=O)O)cc1. The van der Waals surface area contributed by atoms with Gasteiger partial charge in [-0.1, -0.05) is 30.3 Å². The number of phenols is 1. The minimum absolute atomic E-state index is 0.0908. The molecule has 0 unspecified atom stereocenters. The van der Waals surface area contributed by atoms with Crippen LogP contribution in [0.2, 0.25) is 0 Å². The molecule has 0 aliphatic carbocycles. The molecule has 0 aliphatic rings. The lowest BCUT2D eigenvalue weighted by Gasteiger charge is -2.14. The van der Waals surface area contributed by atoms with E-state index in [9.17, 15) is 19.8 Å². The van der Waals surface area contributed by atoms with Gasteiger partial charge in [0, 0.05) is 0 Å². The van der Waals surface area contributed by atoms with Crippen molar-refractivity contribution in [2.45, 2.75) is 0 Å². The highest BCUT2D eigenvalue weighted by molar-refractivity contribution is 5.93. The van der Waals surface area contributed by atoms with Crippen molar-refractivity contribution >= 4 is 29.0 Å². The maximum absolute atomic E-state index is 13.3. The van der Waals surface area contributed by atoms with Gasteiger partial charge in [0.25, 0.3) is 5.56 Å². The van der Waals surface area contributed by atoms with Crippen LogP contribution < -0.4 is 5.56 Å². The van der Waals surface area contributed by atoms with Gasteiger partial charge in [0.05, 0.1) is 33.8 Å². The molecular weight excluding hydrogens is 394 g/mol. The first-order valence-corrected chi connectivity index (χ1v) is 9.24. The lowest BCUT2D eigenvalue weighted by Crippen LogP contribution is -2.24. The van der Waals surface area contributed by atoms with E-state index in [1.165, 1.54) is 16.7 Å². The third-order valence-electron chi connectivity index (χ3n) is 4.72. The molecule has 0 spiro atoms. The first kappa shape index (κ1) is 19.6. The number of carboxylic acid groups (broad SMARTS) is 1. The Morgan fingerprint density at radius 1 is 1.03 bits per heavy atom. The summed E-state index contributed by atoms with van der Waals surface area (Å²) in [6.45, 7) is 0. The van der Waals surface area contributed by atoms with Crippen molar-refractivity contribution < 1.29 is 15.0 Å². The monoisotopic (exact) mass is 409 g/mol. The summed E-state index contributed by atoms with van der Waals surface area (Å²) in [7, 11) is 0. The molecule has 0 atom stereocenters. The van der Waals surface area contributed by atoms with Crippen LogP contribution in [0.5, 0.6) is 5.75 Å². The van der Waals surface area contributed by atoms with Crippen LogP contribution in [0.25, 0.3) is 28.7 Å². The molecular formula is C24H15N3O4. The van der Waals surface area contributed by atoms with Crippen molar-refractivity contribution in [1.29, 1.82) is 5.26 Å². The quantitative estimate of drug-likeness (QED) is 0.529. The fraction of sp³-hybridized carbons (Fsp3) is 0. The molecule has 1 heterocycles. The number of benzene rings is 3. The van der Waals surface area contributed by atoms with E-state index < -0.39 is 11.5 Å². The first-order chi connectivity index (χ1) is 15.0. The highest BCUT2D eigenvalue weighted by atomic mass is 16.4. The molecule has 7 nitrogen and oxygen atoms in total. The number of para-hydroxylation sites is 1. The van der Waals surface area contributed by atoms with E-state index in [4.69, 9.17) is 5.26 Å². The Labute approximate surface area is 176 Å². The molecule has 4 aromatic rings. The molecule has 0 radical (unpaired) electrons. The fourth-order valence-electron chi connectivity index (χ4n) is 3.22. The molecule has 2 N–H and O–H groups in total. The minimum Gasteiger partial charge on any atom is -0.508 e. The van der Waals surface area contributed by atoms with Crippen LogP contribution in [-0.2, 0) is 0 Å². The topological polar surface area (TPSA) is 116 Å². The molecule has 150 valence electrons. The molecule has 3 aromatic carbocycles. The van der Waals surface area contributed by atoms with Crippen molar-refractivity contribution in [3.8, 4) is 17.5 Å². The van der Waals surface area contributed by atoms with Gasteiger partial charge in [0.2, 0.25) is 0 Å². The van der Waals surface area contributed by atoms with Gasteiger partial charge >= 0.3 is 5.97 Å². The Morgan fingerprint density at radius 2 is 1.77 bits per heavy atom. The van der Waals surface area contributed by atoms with Crippen LogP contribution in [0.4, 0.5) is 0 Å². The van der Waals surface area contributed by atoms with Crippen LogP contribution in [0, 0.1) is 11.3 Å². The summed E-state index contributed by atoms with van der Waals surface area (Å²) in [5.74, 6) is -1.29. The fourth-order valence-corrected chi connectivity index (χ4v) is 3.22. The molecule has 31 heavy (non-hydrogen) atoms. The number of aromatic nitrogens is 2. The zero-order valence-corrected chi connectivity index (χ0v) is 16.1. The predicted molar refractivity (Wildman–Crippen MR) is 116 cm³/mol. The summed E-state index contributed by atoms with van der Waals surface area (Å²) >= 11 is 0. The van der Waals surface area contributed by atoms with Crippen molar-refractivity contribution in [3.63, 3.8) is 0 Å². The number of fused-ring (bicyclic) bond motifs is 1. The number of phenolic OH excluding ortho intramolecular Hbond substituents is 1. The maximum atomic E-state index is 13.3. The number of hydrogen-bond acceptors (Lipinski definition) is 5. The Hall–Kier alpha value is -4.70. The minimum atomic E-state index is -1.28. The van der Waals surface area contributed by atoms with E-state index in [1.54, 1.807) is 60.7 Å². The second-order valence-corrected chi connectivity index (χ2v) is 6.70.